The number of hydrogen-bond acceptors (Lipinski definition) is 4. The summed E-state index contributed by atoms with van der Waals surface area (Å²) in [6, 6.07) is 15.1. The van der Waals surface area contributed by atoms with Crippen molar-refractivity contribution >= 4 is 28.2 Å². The Morgan fingerprint density at radius 2 is 1.65 bits per heavy atom. The summed E-state index contributed by atoms with van der Waals surface area (Å²) in [6.45, 7) is 4.81. The van der Waals surface area contributed by atoms with Crippen molar-refractivity contribution < 1.29 is 13.2 Å². The van der Waals surface area contributed by atoms with E-state index >= 15 is 0 Å². The van der Waals surface area contributed by atoms with Gasteiger partial charge in [-0.05, 0) is 26.0 Å². The number of carbonyl (C=O) groups is 1. The third-order valence-electron chi connectivity index (χ3n) is 4.46. The lowest BCUT2D eigenvalue weighted by atomic mass is 10.0. The van der Waals surface area contributed by atoms with E-state index in [9.17, 15) is 13.2 Å². The second-order valence-corrected chi connectivity index (χ2v) is 8.28. The Labute approximate surface area is 160 Å². The van der Waals surface area contributed by atoms with E-state index in [1.165, 1.54) is 10.4 Å². The summed E-state index contributed by atoms with van der Waals surface area (Å²) in [4.78, 5) is 12.9. The number of carbonyl (C=O) groups excluding carboxylic acids is 1. The number of hydrogen-bond donors (Lipinski definition) is 1. The van der Waals surface area contributed by atoms with Crippen LogP contribution in [0.25, 0.3) is 0 Å². The van der Waals surface area contributed by atoms with Gasteiger partial charge in [0.2, 0.25) is 10.0 Å². The van der Waals surface area contributed by atoms with Crippen molar-refractivity contribution in [2.24, 2.45) is 0 Å². The predicted molar refractivity (Wildman–Crippen MR) is 104 cm³/mol. The minimum Gasteiger partial charge on any atom is -0.311 e. The Morgan fingerprint density at radius 1 is 1.04 bits per heavy atom. The zero-order valence-electron chi connectivity index (χ0n) is 14.8. The normalized spacial score (nSPS) is 21.0. The molecule has 0 amide bonds. The van der Waals surface area contributed by atoms with Crippen LogP contribution in [0.4, 0.5) is 0 Å². The fraction of sp³-hybridized carbons (Fsp3) is 0.316. The lowest BCUT2D eigenvalue weighted by molar-refractivity contribution is 0.103. The molecule has 3 rings (SSSR count). The van der Waals surface area contributed by atoms with Gasteiger partial charge in [0.1, 0.15) is 0 Å². The molecule has 2 unspecified atom stereocenters. The second kappa shape index (κ2) is 8.31. The van der Waals surface area contributed by atoms with Crippen LogP contribution >= 0.6 is 12.4 Å². The first-order valence-corrected chi connectivity index (χ1v) is 9.79. The van der Waals surface area contributed by atoms with Gasteiger partial charge in [-0.1, -0.05) is 42.5 Å². The van der Waals surface area contributed by atoms with Crippen LogP contribution in [0, 0.1) is 0 Å². The van der Waals surface area contributed by atoms with E-state index < -0.39 is 10.0 Å². The van der Waals surface area contributed by atoms with Crippen LogP contribution in [-0.4, -0.2) is 43.7 Å². The number of rotatable bonds is 4. The van der Waals surface area contributed by atoms with Gasteiger partial charge in [-0.3, -0.25) is 4.79 Å². The Bertz CT molecular complexity index is 871. The van der Waals surface area contributed by atoms with Gasteiger partial charge in [0.05, 0.1) is 4.90 Å². The summed E-state index contributed by atoms with van der Waals surface area (Å²) in [5.41, 5.74) is 0.693. The Balaban J connectivity index is 0.00000243. The van der Waals surface area contributed by atoms with Crippen LogP contribution in [0.3, 0.4) is 0 Å². The average Bonchev–Trinajstić information content (AvgIpc) is 2.63. The molecular formula is C19H23ClN2O3S. The van der Waals surface area contributed by atoms with Crippen molar-refractivity contribution in [2.45, 2.75) is 30.8 Å². The Morgan fingerprint density at radius 3 is 2.35 bits per heavy atom. The van der Waals surface area contributed by atoms with Gasteiger partial charge >= 0.3 is 0 Å². The first-order valence-electron chi connectivity index (χ1n) is 8.35. The lowest BCUT2D eigenvalue weighted by Crippen LogP contribution is -2.56. The molecule has 0 bridgehead atoms. The third kappa shape index (κ3) is 3.99. The maximum absolute atomic E-state index is 13.2. The molecule has 1 fully saturated rings. The van der Waals surface area contributed by atoms with Gasteiger partial charge in [-0.25, -0.2) is 8.42 Å². The fourth-order valence-electron chi connectivity index (χ4n) is 3.07. The molecule has 1 aliphatic heterocycles. The molecule has 1 N–H and O–H groups in total. The minimum atomic E-state index is -3.76. The molecule has 1 heterocycles. The molecule has 1 aliphatic rings. The second-order valence-electron chi connectivity index (χ2n) is 6.42. The van der Waals surface area contributed by atoms with Crippen LogP contribution < -0.4 is 5.32 Å². The highest BCUT2D eigenvalue weighted by molar-refractivity contribution is 7.89. The molecule has 0 aliphatic carbocycles. The average molecular weight is 395 g/mol. The molecule has 140 valence electrons. The molecule has 0 aromatic heterocycles. The largest absolute Gasteiger partial charge is 0.311 e. The third-order valence-corrected chi connectivity index (χ3v) is 6.50. The first-order chi connectivity index (χ1) is 11.9. The van der Waals surface area contributed by atoms with Gasteiger partial charge in [0.25, 0.3) is 0 Å². The molecule has 7 heteroatoms. The van der Waals surface area contributed by atoms with Crippen molar-refractivity contribution in [3.05, 3.63) is 65.7 Å². The summed E-state index contributed by atoms with van der Waals surface area (Å²) in [5, 5.41) is 3.28. The quantitative estimate of drug-likeness (QED) is 0.809. The first kappa shape index (κ1) is 20.6. The maximum Gasteiger partial charge on any atom is 0.244 e. The smallest absolute Gasteiger partial charge is 0.244 e. The Hall–Kier alpha value is -1.73. The molecule has 2 atom stereocenters. The molecule has 0 radical (unpaired) electrons. The van der Waals surface area contributed by atoms with E-state index in [0.29, 0.717) is 18.7 Å². The molecular weight excluding hydrogens is 372 g/mol. The van der Waals surface area contributed by atoms with E-state index in [-0.39, 0.29) is 40.7 Å². The summed E-state index contributed by atoms with van der Waals surface area (Å²) in [7, 11) is -3.76. The van der Waals surface area contributed by atoms with Crippen LogP contribution in [-0.2, 0) is 10.0 Å². The summed E-state index contributed by atoms with van der Waals surface area (Å²) in [6.07, 6.45) is 0. The molecule has 0 spiro atoms. The SMILES string of the molecule is CC1CN(S(=O)(=O)c2ccccc2C(=O)c2ccccc2)C(C)CN1.Cl. The van der Waals surface area contributed by atoms with E-state index in [0.717, 1.165) is 0 Å². The lowest BCUT2D eigenvalue weighted by Gasteiger charge is -2.36. The molecule has 1 saturated heterocycles. The van der Waals surface area contributed by atoms with Crippen molar-refractivity contribution in [1.82, 2.24) is 9.62 Å². The van der Waals surface area contributed by atoms with E-state index in [1.807, 2.05) is 19.9 Å². The van der Waals surface area contributed by atoms with Gasteiger partial charge < -0.3 is 5.32 Å². The highest BCUT2D eigenvalue weighted by Gasteiger charge is 2.35. The van der Waals surface area contributed by atoms with Crippen LogP contribution in [0.15, 0.2) is 59.5 Å². The zero-order valence-corrected chi connectivity index (χ0v) is 16.4. The Kier molecular flexibility index (Phi) is 6.58. The summed E-state index contributed by atoms with van der Waals surface area (Å²) in [5.74, 6) is -0.282. The number of sulfonamides is 1. The number of ketones is 1. The van der Waals surface area contributed by atoms with E-state index in [1.54, 1.807) is 42.5 Å². The number of halogens is 1. The number of piperazine rings is 1. The molecule has 5 nitrogen and oxygen atoms in total. The maximum atomic E-state index is 13.2. The summed E-state index contributed by atoms with van der Waals surface area (Å²) < 4.78 is 28.0. The number of benzene rings is 2. The monoisotopic (exact) mass is 394 g/mol. The molecule has 2 aromatic rings. The summed E-state index contributed by atoms with van der Waals surface area (Å²) >= 11 is 0. The molecule has 26 heavy (non-hydrogen) atoms. The fourth-order valence-corrected chi connectivity index (χ4v) is 4.98. The van der Waals surface area contributed by atoms with Crippen molar-refractivity contribution in [2.75, 3.05) is 13.1 Å². The van der Waals surface area contributed by atoms with Crippen molar-refractivity contribution in [3.63, 3.8) is 0 Å². The molecule has 0 saturated carbocycles. The van der Waals surface area contributed by atoms with E-state index in [4.69, 9.17) is 0 Å². The highest BCUT2D eigenvalue weighted by Crippen LogP contribution is 2.25. The zero-order chi connectivity index (χ0) is 18.0. The van der Waals surface area contributed by atoms with Gasteiger partial charge in [0.15, 0.2) is 5.78 Å². The van der Waals surface area contributed by atoms with Crippen LogP contribution in [0.5, 0.6) is 0 Å². The van der Waals surface area contributed by atoms with Crippen LogP contribution in [0.1, 0.15) is 29.8 Å². The predicted octanol–water partition coefficient (Wildman–Crippen LogP) is 2.71. The van der Waals surface area contributed by atoms with Gasteiger partial charge in [-0.15, -0.1) is 12.4 Å². The number of nitrogens with zero attached hydrogens (tertiary/aromatic N) is 1. The topological polar surface area (TPSA) is 66.5 Å². The van der Waals surface area contributed by atoms with Gasteiger partial charge in [-0.2, -0.15) is 4.31 Å². The molecule has 2 aromatic carbocycles. The number of nitrogens with one attached hydrogen (secondary N) is 1. The van der Waals surface area contributed by atoms with Crippen LogP contribution in [0.2, 0.25) is 0 Å². The highest BCUT2D eigenvalue weighted by atomic mass is 35.5. The van der Waals surface area contributed by atoms with Crippen molar-refractivity contribution in [1.29, 1.82) is 0 Å². The minimum absolute atomic E-state index is 0. The van der Waals surface area contributed by atoms with Gasteiger partial charge in [0, 0.05) is 36.3 Å². The van der Waals surface area contributed by atoms with Crippen molar-refractivity contribution in [3.8, 4) is 0 Å². The standard InChI is InChI=1S/C19H22N2O3S.ClH/c1-14-13-21(15(2)12-20-14)25(23,24)18-11-7-6-10-17(18)19(22)16-8-4-3-5-9-16;/h3-11,14-15,20H,12-13H2,1-2H3;1H. The van der Waals surface area contributed by atoms with E-state index in [2.05, 4.69) is 5.32 Å².